The van der Waals surface area contributed by atoms with Crippen LogP contribution in [0.3, 0.4) is 0 Å². The molecule has 0 saturated heterocycles. The highest BCUT2D eigenvalue weighted by molar-refractivity contribution is 5.41. The van der Waals surface area contributed by atoms with Gasteiger partial charge in [-0.3, -0.25) is 0 Å². The second kappa shape index (κ2) is 7.28. The van der Waals surface area contributed by atoms with Crippen molar-refractivity contribution in [3.63, 3.8) is 0 Å². The summed E-state index contributed by atoms with van der Waals surface area (Å²) in [5.41, 5.74) is 7.03. The van der Waals surface area contributed by atoms with Crippen molar-refractivity contribution in [3.8, 4) is 0 Å². The van der Waals surface area contributed by atoms with Crippen molar-refractivity contribution in [1.82, 2.24) is 0 Å². The van der Waals surface area contributed by atoms with Crippen LogP contribution in [0.25, 0.3) is 0 Å². The second-order valence-corrected chi connectivity index (χ2v) is 6.22. The molecule has 0 spiro atoms. The van der Waals surface area contributed by atoms with Gasteiger partial charge in [-0.2, -0.15) is 0 Å². The van der Waals surface area contributed by atoms with Crippen molar-refractivity contribution >= 4 is 0 Å². The van der Waals surface area contributed by atoms with E-state index in [1.807, 2.05) is 0 Å². The van der Waals surface area contributed by atoms with E-state index in [-0.39, 0.29) is 0 Å². The molecule has 0 aromatic heterocycles. The van der Waals surface area contributed by atoms with Gasteiger partial charge in [0.1, 0.15) is 0 Å². The minimum atomic E-state index is 0.479. The third kappa shape index (κ3) is 3.71. The molecule has 0 aliphatic carbocycles. The van der Waals surface area contributed by atoms with Crippen LogP contribution in [0.2, 0.25) is 0 Å². The molecular weight excluding hydrogens is 276 g/mol. The fraction of sp³-hybridized carbons (Fsp3) is 0.217. The van der Waals surface area contributed by atoms with E-state index in [2.05, 4.69) is 92.7 Å². The zero-order chi connectivity index (χ0) is 16.1. The highest BCUT2D eigenvalue weighted by Gasteiger charge is 2.14. The molecule has 0 aliphatic heterocycles. The fourth-order valence-electron chi connectivity index (χ4n) is 3.33. The van der Waals surface area contributed by atoms with Crippen molar-refractivity contribution in [2.75, 3.05) is 0 Å². The molecule has 0 saturated carbocycles. The molecule has 3 aromatic rings. The molecule has 1 atom stereocenters. The Balaban J connectivity index is 1.94. The molecule has 0 bridgehead atoms. The van der Waals surface area contributed by atoms with Gasteiger partial charge in [0.2, 0.25) is 0 Å². The van der Waals surface area contributed by atoms with E-state index >= 15 is 0 Å². The van der Waals surface area contributed by atoms with Gasteiger partial charge in [-0.15, -0.1) is 0 Å². The Morgan fingerprint density at radius 3 is 2.04 bits per heavy atom. The molecule has 0 radical (unpaired) electrons. The zero-order valence-electron chi connectivity index (χ0n) is 14.0. The van der Waals surface area contributed by atoms with Crippen LogP contribution in [-0.2, 0) is 6.42 Å². The average molecular weight is 300 g/mol. The minimum Gasteiger partial charge on any atom is -0.0645 e. The Labute approximate surface area is 139 Å². The van der Waals surface area contributed by atoms with Gasteiger partial charge in [0.25, 0.3) is 0 Å². The maximum atomic E-state index is 2.41. The van der Waals surface area contributed by atoms with E-state index in [9.17, 15) is 0 Å². The smallest absolute Gasteiger partial charge is 0.00894 e. The van der Waals surface area contributed by atoms with Crippen LogP contribution in [0.5, 0.6) is 0 Å². The molecule has 3 rings (SSSR count). The van der Waals surface area contributed by atoms with E-state index < -0.39 is 0 Å². The standard InChI is InChI=1S/C23H24/c1-3-22(21-12-8-5-9-13-21)23-17-20(15-14-18(23)2)16-19-10-6-4-7-11-19/h4-15,17,22H,3,16H2,1-2H3. The van der Waals surface area contributed by atoms with Gasteiger partial charge in [-0.05, 0) is 47.6 Å². The first kappa shape index (κ1) is 15.6. The van der Waals surface area contributed by atoms with Crippen LogP contribution in [0.4, 0.5) is 0 Å². The van der Waals surface area contributed by atoms with Crippen molar-refractivity contribution in [2.45, 2.75) is 32.6 Å². The van der Waals surface area contributed by atoms with Crippen molar-refractivity contribution in [3.05, 3.63) is 107 Å². The number of aryl methyl sites for hydroxylation is 1. The largest absolute Gasteiger partial charge is 0.0645 e. The van der Waals surface area contributed by atoms with E-state index in [1.54, 1.807) is 0 Å². The Morgan fingerprint density at radius 1 is 0.739 bits per heavy atom. The Hall–Kier alpha value is -2.34. The first-order chi connectivity index (χ1) is 11.3. The van der Waals surface area contributed by atoms with E-state index in [4.69, 9.17) is 0 Å². The summed E-state index contributed by atoms with van der Waals surface area (Å²) in [4.78, 5) is 0. The molecular formula is C23H24. The molecule has 0 fully saturated rings. The molecule has 0 heterocycles. The van der Waals surface area contributed by atoms with Gasteiger partial charge in [0.05, 0.1) is 0 Å². The summed E-state index contributed by atoms with van der Waals surface area (Å²) in [6.07, 6.45) is 2.12. The molecule has 23 heavy (non-hydrogen) atoms. The molecule has 3 aromatic carbocycles. The van der Waals surface area contributed by atoms with Crippen LogP contribution in [0.15, 0.2) is 78.9 Å². The van der Waals surface area contributed by atoms with E-state index in [1.165, 1.54) is 27.8 Å². The summed E-state index contributed by atoms with van der Waals surface area (Å²) in [6, 6.07) is 28.5. The summed E-state index contributed by atoms with van der Waals surface area (Å²) in [6.45, 7) is 4.51. The lowest BCUT2D eigenvalue weighted by Gasteiger charge is -2.19. The first-order valence-corrected chi connectivity index (χ1v) is 8.46. The molecule has 116 valence electrons. The van der Waals surface area contributed by atoms with E-state index in [0.717, 1.165) is 12.8 Å². The van der Waals surface area contributed by atoms with Crippen molar-refractivity contribution < 1.29 is 0 Å². The Kier molecular flexibility index (Phi) is 4.92. The van der Waals surface area contributed by atoms with Gasteiger partial charge < -0.3 is 0 Å². The topological polar surface area (TPSA) is 0 Å². The molecule has 0 heteroatoms. The lowest BCUT2D eigenvalue weighted by molar-refractivity contribution is 0.769. The van der Waals surface area contributed by atoms with Gasteiger partial charge in [-0.1, -0.05) is 85.8 Å². The van der Waals surface area contributed by atoms with Crippen molar-refractivity contribution in [1.29, 1.82) is 0 Å². The van der Waals surface area contributed by atoms with Crippen LogP contribution >= 0.6 is 0 Å². The lowest BCUT2D eigenvalue weighted by atomic mass is 9.85. The Bertz CT molecular complexity index is 742. The number of rotatable bonds is 5. The molecule has 0 amide bonds. The summed E-state index contributed by atoms with van der Waals surface area (Å²) in [7, 11) is 0. The SMILES string of the molecule is CCC(c1ccccc1)c1cc(Cc2ccccc2)ccc1C. The summed E-state index contributed by atoms with van der Waals surface area (Å²) >= 11 is 0. The van der Waals surface area contributed by atoms with Crippen LogP contribution in [-0.4, -0.2) is 0 Å². The van der Waals surface area contributed by atoms with Crippen LogP contribution in [0, 0.1) is 6.92 Å². The summed E-state index contributed by atoms with van der Waals surface area (Å²) < 4.78 is 0. The van der Waals surface area contributed by atoms with Gasteiger partial charge in [-0.25, -0.2) is 0 Å². The fourth-order valence-corrected chi connectivity index (χ4v) is 3.33. The zero-order valence-corrected chi connectivity index (χ0v) is 14.0. The summed E-state index contributed by atoms with van der Waals surface area (Å²) in [5, 5.41) is 0. The number of hydrogen-bond acceptors (Lipinski definition) is 0. The maximum absolute atomic E-state index is 2.41. The van der Waals surface area contributed by atoms with Crippen molar-refractivity contribution in [2.24, 2.45) is 0 Å². The number of benzene rings is 3. The predicted octanol–water partition coefficient (Wildman–Crippen LogP) is 6.13. The van der Waals surface area contributed by atoms with Crippen LogP contribution < -0.4 is 0 Å². The van der Waals surface area contributed by atoms with Crippen LogP contribution in [0.1, 0.15) is 47.1 Å². The first-order valence-electron chi connectivity index (χ1n) is 8.46. The van der Waals surface area contributed by atoms with Gasteiger partial charge >= 0.3 is 0 Å². The highest BCUT2D eigenvalue weighted by Crippen LogP contribution is 2.31. The lowest BCUT2D eigenvalue weighted by Crippen LogP contribution is -2.03. The molecule has 0 nitrogen and oxygen atoms in total. The second-order valence-electron chi connectivity index (χ2n) is 6.22. The molecule has 1 unspecified atom stereocenters. The summed E-state index contributed by atoms with van der Waals surface area (Å²) in [5.74, 6) is 0.479. The third-order valence-corrected chi connectivity index (χ3v) is 4.58. The molecule has 0 aliphatic rings. The number of hydrogen-bond donors (Lipinski definition) is 0. The monoisotopic (exact) mass is 300 g/mol. The predicted molar refractivity (Wildman–Crippen MR) is 99.0 cm³/mol. The average Bonchev–Trinajstić information content (AvgIpc) is 2.60. The maximum Gasteiger partial charge on any atom is 0.00894 e. The van der Waals surface area contributed by atoms with E-state index in [0.29, 0.717) is 5.92 Å². The highest BCUT2D eigenvalue weighted by atomic mass is 14.2. The normalized spacial score (nSPS) is 12.1. The van der Waals surface area contributed by atoms with Gasteiger partial charge in [0, 0.05) is 5.92 Å². The Morgan fingerprint density at radius 2 is 1.39 bits per heavy atom. The quantitative estimate of drug-likeness (QED) is 0.532. The minimum absolute atomic E-state index is 0.479. The van der Waals surface area contributed by atoms with Gasteiger partial charge in [0.15, 0.2) is 0 Å². The third-order valence-electron chi connectivity index (χ3n) is 4.58. The molecule has 0 N–H and O–H groups in total.